The van der Waals surface area contributed by atoms with Crippen LogP contribution >= 0.6 is 0 Å². The van der Waals surface area contributed by atoms with Gasteiger partial charge in [-0.1, -0.05) is 12.1 Å². The third-order valence-electron chi connectivity index (χ3n) is 5.90. The summed E-state index contributed by atoms with van der Waals surface area (Å²) in [6.45, 7) is -0.210. The fourth-order valence-corrected chi connectivity index (χ4v) is 3.99. The van der Waals surface area contributed by atoms with E-state index >= 15 is 0 Å². The van der Waals surface area contributed by atoms with Crippen molar-refractivity contribution in [2.45, 2.75) is 24.3 Å². The van der Waals surface area contributed by atoms with Gasteiger partial charge in [0.15, 0.2) is 0 Å². The summed E-state index contributed by atoms with van der Waals surface area (Å²) >= 11 is 0. The Labute approximate surface area is 195 Å². The molecule has 1 aliphatic rings. The Morgan fingerprint density at radius 1 is 0.914 bits per heavy atom. The highest BCUT2D eigenvalue weighted by atomic mass is 19.4. The van der Waals surface area contributed by atoms with Crippen LogP contribution in [0, 0.1) is 5.82 Å². The Morgan fingerprint density at radius 2 is 1.43 bits per heavy atom. The molecule has 1 fully saturated rings. The van der Waals surface area contributed by atoms with E-state index in [2.05, 4.69) is 0 Å². The summed E-state index contributed by atoms with van der Waals surface area (Å²) in [6, 6.07) is 4.19. The lowest BCUT2D eigenvalue weighted by atomic mass is 9.93. The number of benzene rings is 2. The van der Waals surface area contributed by atoms with Crippen LogP contribution in [-0.4, -0.2) is 60.3 Å². The number of carbonyl (C=O) groups excluding carboxylic acids is 1. The fourth-order valence-electron chi connectivity index (χ4n) is 3.99. The molecule has 1 aliphatic heterocycles. The zero-order chi connectivity index (χ0) is 26.3. The average molecular weight is 507 g/mol. The third-order valence-corrected chi connectivity index (χ3v) is 5.90. The highest BCUT2D eigenvalue weighted by Gasteiger charge is 2.42. The molecule has 0 aromatic heterocycles. The number of alkyl halides is 6. The Kier molecular flexibility index (Phi) is 6.91. The minimum atomic E-state index is -5.09. The monoisotopic (exact) mass is 507 g/mol. The van der Waals surface area contributed by atoms with Crippen molar-refractivity contribution in [2.24, 2.45) is 0 Å². The summed E-state index contributed by atoms with van der Waals surface area (Å²) in [5.41, 5.74) is -3.28. The second kappa shape index (κ2) is 9.27. The maximum atomic E-state index is 13.4. The molecule has 1 heterocycles. The van der Waals surface area contributed by atoms with Gasteiger partial charge in [0.05, 0.1) is 17.2 Å². The highest BCUT2D eigenvalue weighted by molar-refractivity contribution is 5.92. The number of nitrogens with zero attached hydrogens (tertiary/aromatic N) is 3. The maximum Gasteiger partial charge on any atom is 0.416 e. The number of amides is 3. The Balaban J connectivity index is 1.95. The minimum Gasteiger partial charge on any atom is -0.465 e. The first-order valence-corrected chi connectivity index (χ1v) is 10.1. The Hall–Kier alpha value is -3.51. The van der Waals surface area contributed by atoms with Gasteiger partial charge in [0.2, 0.25) is 0 Å². The van der Waals surface area contributed by atoms with Crippen molar-refractivity contribution in [3.8, 4) is 0 Å². The molecule has 2 aromatic carbocycles. The van der Waals surface area contributed by atoms with Crippen LogP contribution in [0.2, 0.25) is 0 Å². The number of halogens is 7. The Morgan fingerprint density at radius 3 is 1.89 bits per heavy atom. The topological polar surface area (TPSA) is 64.1 Å². The number of rotatable bonds is 3. The van der Waals surface area contributed by atoms with Gasteiger partial charge < -0.3 is 14.9 Å². The van der Waals surface area contributed by atoms with Gasteiger partial charge in [0.1, 0.15) is 5.82 Å². The van der Waals surface area contributed by atoms with E-state index in [9.17, 15) is 45.4 Å². The zero-order valence-electron chi connectivity index (χ0n) is 18.4. The molecule has 0 aliphatic carbocycles. The maximum absolute atomic E-state index is 13.4. The number of likely N-dealkylation sites (tertiary alicyclic amines) is 1. The van der Waals surface area contributed by atoms with E-state index in [0.29, 0.717) is 22.6 Å². The molecular weight excluding hydrogens is 487 g/mol. The highest BCUT2D eigenvalue weighted by Crippen LogP contribution is 2.39. The largest absolute Gasteiger partial charge is 0.465 e. The Bertz CT molecular complexity index is 1070. The van der Waals surface area contributed by atoms with E-state index in [0.717, 1.165) is 29.0 Å². The van der Waals surface area contributed by atoms with E-state index in [4.69, 9.17) is 0 Å². The van der Waals surface area contributed by atoms with Crippen LogP contribution in [0.4, 0.5) is 46.0 Å². The first-order valence-electron chi connectivity index (χ1n) is 10.1. The summed E-state index contributed by atoms with van der Waals surface area (Å²) in [5, 5.41) is 9.40. The van der Waals surface area contributed by atoms with Crippen molar-refractivity contribution >= 4 is 17.8 Å². The second-order valence-corrected chi connectivity index (χ2v) is 8.13. The molecule has 190 valence electrons. The summed E-state index contributed by atoms with van der Waals surface area (Å²) < 4.78 is 92.7. The quantitative estimate of drug-likeness (QED) is 0.559. The lowest BCUT2D eigenvalue weighted by Crippen LogP contribution is -2.47. The van der Waals surface area contributed by atoms with Gasteiger partial charge in [-0.25, -0.2) is 14.0 Å². The molecule has 0 radical (unpaired) electrons. The van der Waals surface area contributed by atoms with Crippen molar-refractivity contribution in [3.05, 3.63) is 65.0 Å². The molecule has 3 rings (SSSR count). The third kappa shape index (κ3) is 5.60. The van der Waals surface area contributed by atoms with Crippen LogP contribution in [-0.2, 0) is 12.4 Å². The number of hydrogen-bond acceptors (Lipinski definition) is 2. The number of urea groups is 1. The smallest absolute Gasteiger partial charge is 0.416 e. The van der Waals surface area contributed by atoms with Crippen LogP contribution < -0.4 is 4.90 Å². The van der Waals surface area contributed by atoms with Crippen LogP contribution in [0.25, 0.3) is 0 Å². The molecule has 0 bridgehead atoms. The first kappa shape index (κ1) is 26.1. The molecule has 13 heteroatoms. The molecule has 0 spiro atoms. The van der Waals surface area contributed by atoms with Crippen molar-refractivity contribution < 1.29 is 45.4 Å². The first-order chi connectivity index (χ1) is 16.1. The minimum absolute atomic E-state index is 0.0438. The van der Waals surface area contributed by atoms with E-state index < -0.39 is 59.1 Å². The number of carboxylic acid groups (broad SMARTS) is 1. The van der Waals surface area contributed by atoms with Crippen molar-refractivity contribution in [2.75, 3.05) is 32.1 Å². The number of anilines is 1. The van der Waals surface area contributed by atoms with E-state index in [-0.39, 0.29) is 19.2 Å². The van der Waals surface area contributed by atoms with Crippen molar-refractivity contribution in [1.29, 1.82) is 0 Å². The summed E-state index contributed by atoms with van der Waals surface area (Å²) in [4.78, 5) is 27.4. The van der Waals surface area contributed by atoms with E-state index in [1.165, 1.54) is 19.2 Å². The number of hydrogen-bond donors (Lipinski definition) is 1. The molecule has 3 amide bonds. The number of likely N-dealkylation sites (N-methyl/N-ethyl adjacent to an activating group) is 1. The van der Waals surface area contributed by atoms with Gasteiger partial charge in [-0.05, 0) is 35.9 Å². The zero-order valence-corrected chi connectivity index (χ0v) is 18.4. The second-order valence-electron chi connectivity index (χ2n) is 8.13. The molecule has 0 unspecified atom stereocenters. The van der Waals surface area contributed by atoms with Crippen molar-refractivity contribution in [1.82, 2.24) is 9.80 Å². The van der Waals surface area contributed by atoms with Crippen LogP contribution in [0.3, 0.4) is 0 Å². The van der Waals surface area contributed by atoms with Crippen LogP contribution in [0.15, 0.2) is 42.5 Å². The predicted octanol–water partition coefficient (Wildman–Crippen LogP) is 5.50. The van der Waals surface area contributed by atoms with Crippen LogP contribution in [0.5, 0.6) is 0 Å². The molecule has 1 saturated heterocycles. The molecule has 1 N–H and O–H groups in total. The van der Waals surface area contributed by atoms with Crippen LogP contribution in [0.1, 0.15) is 22.6 Å². The lowest BCUT2D eigenvalue weighted by Gasteiger charge is -2.33. The average Bonchev–Trinajstić information content (AvgIpc) is 3.22. The molecule has 35 heavy (non-hydrogen) atoms. The summed E-state index contributed by atoms with van der Waals surface area (Å²) in [7, 11) is 2.29. The fraction of sp³-hybridized carbons (Fsp3) is 0.364. The van der Waals surface area contributed by atoms with Gasteiger partial charge in [0.25, 0.3) is 0 Å². The number of carbonyl (C=O) groups is 2. The van der Waals surface area contributed by atoms with Crippen molar-refractivity contribution in [3.63, 3.8) is 0 Å². The summed E-state index contributed by atoms with van der Waals surface area (Å²) in [6.07, 6.45) is -11.5. The summed E-state index contributed by atoms with van der Waals surface area (Å²) in [5.74, 6) is -1.14. The molecule has 2 aromatic rings. The lowest BCUT2D eigenvalue weighted by molar-refractivity contribution is -0.143. The van der Waals surface area contributed by atoms with Gasteiger partial charge in [-0.2, -0.15) is 26.3 Å². The predicted molar refractivity (Wildman–Crippen MR) is 111 cm³/mol. The molecule has 2 atom stereocenters. The molecular formula is C22H20F7N3O3. The SMILES string of the molecule is CN(C(=O)N(C)[C@H]1CN(C(=O)O)C[C@H]1c1ccc(F)cc1)c1cc(C(F)(F)F)cc(C(F)(F)F)c1. The normalized spacial score (nSPS) is 18.5. The van der Waals surface area contributed by atoms with Gasteiger partial charge in [-0.3, -0.25) is 4.90 Å². The standard InChI is InChI=1S/C22H20F7N3O3/c1-30(16-8-13(21(24,25)26)7-14(9-16)22(27,28)29)19(33)31(2)18-11-32(20(34)35)10-17(18)12-3-5-15(23)6-4-12/h3-9,17-18H,10-11H2,1-2H3,(H,34,35)/t17-,18-/m0/s1. The van der Waals surface area contributed by atoms with Gasteiger partial charge >= 0.3 is 24.5 Å². The molecule has 6 nitrogen and oxygen atoms in total. The molecule has 0 saturated carbocycles. The van der Waals surface area contributed by atoms with E-state index in [1.54, 1.807) is 0 Å². The van der Waals surface area contributed by atoms with E-state index in [1.807, 2.05) is 0 Å². The van der Waals surface area contributed by atoms with Gasteiger partial charge in [0, 0.05) is 38.8 Å². The van der Waals surface area contributed by atoms with Gasteiger partial charge in [-0.15, -0.1) is 0 Å².